The van der Waals surface area contributed by atoms with E-state index in [-0.39, 0.29) is 6.54 Å². The van der Waals surface area contributed by atoms with Crippen LogP contribution in [0.1, 0.15) is 18.4 Å². The van der Waals surface area contributed by atoms with Gasteiger partial charge in [-0.15, -0.1) is 0 Å². The van der Waals surface area contributed by atoms with Gasteiger partial charge in [0.2, 0.25) is 11.7 Å². The molecule has 0 bridgehead atoms. The number of benzene rings is 1. The van der Waals surface area contributed by atoms with Crippen molar-refractivity contribution in [2.75, 3.05) is 14.2 Å². The summed E-state index contributed by atoms with van der Waals surface area (Å²) in [5.74, 6) is 2.20. The number of halogens is 1. The zero-order valence-electron chi connectivity index (χ0n) is 11.6. The van der Waals surface area contributed by atoms with Gasteiger partial charge < -0.3 is 19.7 Å². The Bertz CT molecular complexity index is 613. The molecule has 0 fully saturated rings. The van der Waals surface area contributed by atoms with E-state index in [1.54, 1.807) is 14.2 Å². The van der Waals surface area contributed by atoms with Gasteiger partial charge in [0.15, 0.2) is 11.5 Å². The van der Waals surface area contributed by atoms with E-state index >= 15 is 0 Å². The van der Waals surface area contributed by atoms with E-state index in [4.69, 9.17) is 19.7 Å². The summed E-state index contributed by atoms with van der Waals surface area (Å²) in [7, 11) is 3.21. The van der Waals surface area contributed by atoms with Crippen LogP contribution < -0.4 is 15.2 Å². The van der Waals surface area contributed by atoms with Crippen molar-refractivity contribution in [2.24, 2.45) is 5.73 Å². The largest absolute Gasteiger partial charge is 0.493 e. The van der Waals surface area contributed by atoms with E-state index in [1.165, 1.54) is 0 Å². The maximum Gasteiger partial charge on any atom is 0.240 e. The van der Waals surface area contributed by atoms with Crippen LogP contribution in [0.2, 0.25) is 0 Å². The number of rotatable bonds is 5. The monoisotopic (exact) mass is 341 g/mol. The maximum absolute atomic E-state index is 5.50. The van der Waals surface area contributed by atoms with Gasteiger partial charge in [-0.3, -0.25) is 0 Å². The van der Waals surface area contributed by atoms with Crippen molar-refractivity contribution in [3.05, 3.63) is 22.0 Å². The summed E-state index contributed by atoms with van der Waals surface area (Å²) in [5, 5.41) is 3.97. The van der Waals surface area contributed by atoms with Crippen LogP contribution >= 0.6 is 15.9 Å². The average Bonchev–Trinajstić information content (AvgIpc) is 2.94. The van der Waals surface area contributed by atoms with Crippen LogP contribution in [0.4, 0.5) is 0 Å². The summed E-state index contributed by atoms with van der Waals surface area (Å²) in [5.41, 5.74) is 7.27. The lowest BCUT2D eigenvalue weighted by Crippen LogP contribution is -2.00. The quantitative estimate of drug-likeness (QED) is 0.899. The molecule has 0 unspecified atom stereocenters. The zero-order valence-corrected chi connectivity index (χ0v) is 13.2. The molecule has 0 atom stereocenters. The molecule has 2 rings (SSSR count). The van der Waals surface area contributed by atoms with Crippen LogP contribution in [-0.4, -0.2) is 24.4 Å². The van der Waals surface area contributed by atoms with Crippen LogP contribution in [-0.2, 0) is 13.0 Å². The molecule has 0 saturated carbocycles. The Morgan fingerprint density at radius 2 is 2.10 bits per heavy atom. The molecule has 1 aromatic carbocycles. The molecule has 0 radical (unpaired) electrons. The lowest BCUT2D eigenvalue weighted by molar-refractivity contribution is 0.351. The normalized spacial score (nSPS) is 10.7. The lowest BCUT2D eigenvalue weighted by atomic mass is 10.0. The molecule has 0 amide bonds. The second kappa shape index (κ2) is 6.23. The number of methoxy groups -OCH3 is 2. The van der Waals surface area contributed by atoms with Crippen molar-refractivity contribution < 1.29 is 14.0 Å². The molecule has 0 aliphatic heterocycles. The molecule has 0 saturated heterocycles. The van der Waals surface area contributed by atoms with Crippen molar-refractivity contribution in [1.29, 1.82) is 0 Å². The zero-order chi connectivity index (χ0) is 14.7. The molecule has 108 valence electrons. The molecule has 0 spiro atoms. The number of hydrogen-bond donors (Lipinski definition) is 1. The second-order valence-corrected chi connectivity index (χ2v) is 4.87. The standard InChI is InChI=1S/C13H16BrN3O3/c1-4-7-11(13-16-10(6-15)20-17-13)8(14)5-9(18-2)12(7)19-3/h5H,4,6,15H2,1-3H3. The fraction of sp³-hybridized carbons (Fsp3) is 0.385. The van der Waals surface area contributed by atoms with Gasteiger partial charge in [0.25, 0.3) is 0 Å². The van der Waals surface area contributed by atoms with E-state index in [9.17, 15) is 0 Å². The highest BCUT2D eigenvalue weighted by Crippen LogP contribution is 2.42. The number of hydrogen-bond acceptors (Lipinski definition) is 6. The first-order chi connectivity index (χ1) is 9.65. The third kappa shape index (κ3) is 2.51. The number of ether oxygens (including phenoxy) is 2. The first kappa shape index (κ1) is 14.8. The van der Waals surface area contributed by atoms with Gasteiger partial charge in [0, 0.05) is 15.6 Å². The molecule has 6 nitrogen and oxygen atoms in total. The van der Waals surface area contributed by atoms with Gasteiger partial charge in [0.05, 0.1) is 20.8 Å². The van der Waals surface area contributed by atoms with E-state index < -0.39 is 0 Å². The summed E-state index contributed by atoms with van der Waals surface area (Å²) in [6.07, 6.45) is 0.737. The Morgan fingerprint density at radius 3 is 2.60 bits per heavy atom. The van der Waals surface area contributed by atoms with Gasteiger partial charge in [-0.1, -0.05) is 12.1 Å². The topological polar surface area (TPSA) is 83.4 Å². The van der Waals surface area contributed by atoms with Gasteiger partial charge in [-0.2, -0.15) is 4.98 Å². The highest BCUT2D eigenvalue weighted by molar-refractivity contribution is 9.10. The van der Waals surface area contributed by atoms with Crippen molar-refractivity contribution in [2.45, 2.75) is 19.9 Å². The number of nitrogens with zero attached hydrogens (tertiary/aromatic N) is 2. The molecule has 2 aromatic rings. The summed E-state index contributed by atoms with van der Waals surface area (Å²) in [4.78, 5) is 4.27. The molecule has 0 aliphatic carbocycles. The van der Waals surface area contributed by atoms with Gasteiger partial charge >= 0.3 is 0 Å². The summed E-state index contributed by atoms with van der Waals surface area (Å²) in [6.45, 7) is 2.23. The molecular weight excluding hydrogens is 326 g/mol. The van der Waals surface area contributed by atoms with E-state index in [0.717, 1.165) is 22.0 Å². The van der Waals surface area contributed by atoms with Crippen LogP contribution in [0.5, 0.6) is 11.5 Å². The Kier molecular flexibility index (Phi) is 4.61. The first-order valence-corrected chi connectivity index (χ1v) is 6.91. The minimum absolute atomic E-state index is 0.208. The predicted octanol–water partition coefficient (Wildman–Crippen LogP) is 2.54. The van der Waals surface area contributed by atoms with Gasteiger partial charge in [-0.25, -0.2) is 0 Å². The maximum atomic E-state index is 5.50. The lowest BCUT2D eigenvalue weighted by Gasteiger charge is -2.16. The van der Waals surface area contributed by atoms with Crippen molar-refractivity contribution in [1.82, 2.24) is 10.1 Å². The fourth-order valence-corrected chi connectivity index (χ4v) is 2.68. The average molecular weight is 342 g/mol. The Balaban J connectivity index is 2.68. The molecule has 0 aliphatic rings. The fourth-order valence-electron chi connectivity index (χ4n) is 2.05. The Hall–Kier alpha value is -1.60. The minimum Gasteiger partial charge on any atom is -0.493 e. The first-order valence-electron chi connectivity index (χ1n) is 6.12. The number of aromatic nitrogens is 2. The second-order valence-electron chi connectivity index (χ2n) is 4.02. The van der Waals surface area contributed by atoms with Crippen LogP contribution in [0, 0.1) is 0 Å². The van der Waals surface area contributed by atoms with E-state index in [0.29, 0.717) is 23.2 Å². The molecule has 2 N–H and O–H groups in total. The Morgan fingerprint density at radius 1 is 1.35 bits per heavy atom. The van der Waals surface area contributed by atoms with Crippen molar-refractivity contribution in [3.8, 4) is 22.9 Å². The van der Waals surface area contributed by atoms with Gasteiger partial charge in [0.1, 0.15) is 0 Å². The van der Waals surface area contributed by atoms with Gasteiger partial charge in [-0.05, 0) is 28.4 Å². The predicted molar refractivity (Wildman–Crippen MR) is 77.8 cm³/mol. The summed E-state index contributed by atoms with van der Waals surface area (Å²) in [6, 6.07) is 1.83. The molecule has 1 aromatic heterocycles. The van der Waals surface area contributed by atoms with Crippen molar-refractivity contribution >= 4 is 15.9 Å². The third-order valence-corrected chi connectivity index (χ3v) is 3.57. The van der Waals surface area contributed by atoms with Crippen LogP contribution in [0.3, 0.4) is 0 Å². The third-order valence-electron chi connectivity index (χ3n) is 2.94. The molecule has 20 heavy (non-hydrogen) atoms. The molecular formula is C13H16BrN3O3. The highest BCUT2D eigenvalue weighted by Gasteiger charge is 2.22. The van der Waals surface area contributed by atoms with Crippen LogP contribution in [0.15, 0.2) is 15.1 Å². The Labute approximate surface area is 125 Å². The smallest absolute Gasteiger partial charge is 0.240 e. The van der Waals surface area contributed by atoms with E-state index in [2.05, 4.69) is 26.1 Å². The number of nitrogens with two attached hydrogens (primary N) is 1. The summed E-state index contributed by atoms with van der Waals surface area (Å²) >= 11 is 3.52. The SMILES string of the molecule is CCc1c(OC)c(OC)cc(Br)c1-c1noc(CN)n1. The minimum atomic E-state index is 0.208. The molecule has 1 heterocycles. The summed E-state index contributed by atoms with van der Waals surface area (Å²) < 4.78 is 16.7. The van der Waals surface area contributed by atoms with E-state index in [1.807, 2.05) is 13.0 Å². The highest BCUT2D eigenvalue weighted by atomic mass is 79.9. The van der Waals surface area contributed by atoms with Crippen molar-refractivity contribution in [3.63, 3.8) is 0 Å². The van der Waals surface area contributed by atoms with Crippen LogP contribution in [0.25, 0.3) is 11.4 Å². The molecule has 7 heteroatoms.